The maximum atomic E-state index is 12.3. The first kappa shape index (κ1) is 14.2. The highest BCUT2D eigenvalue weighted by Gasteiger charge is 2.22. The van der Waals surface area contributed by atoms with Crippen LogP contribution < -0.4 is 5.56 Å². The predicted octanol–water partition coefficient (Wildman–Crippen LogP) is 1.61. The molecule has 0 bridgehead atoms. The number of fused-ring (bicyclic) bond motifs is 1. The lowest BCUT2D eigenvalue weighted by Gasteiger charge is -2.35. The summed E-state index contributed by atoms with van der Waals surface area (Å²) >= 11 is 0. The fourth-order valence-corrected chi connectivity index (χ4v) is 3.09. The molecule has 0 aliphatic carbocycles. The van der Waals surface area contributed by atoms with Crippen molar-refractivity contribution < 1.29 is 4.74 Å². The van der Waals surface area contributed by atoms with Gasteiger partial charge in [0, 0.05) is 31.4 Å². The maximum Gasteiger partial charge on any atom is 0.258 e. The van der Waals surface area contributed by atoms with Crippen LogP contribution in [-0.4, -0.2) is 39.6 Å². The number of ether oxygens (including phenoxy) is 1. The molecule has 5 nitrogen and oxygen atoms in total. The van der Waals surface area contributed by atoms with Crippen LogP contribution in [0.2, 0.25) is 0 Å². The van der Waals surface area contributed by atoms with E-state index in [1.165, 1.54) is 0 Å². The summed E-state index contributed by atoms with van der Waals surface area (Å²) in [6.07, 6.45) is 0.440. The Morgan fingerprint density at radius 2 is 2.00 bits per heavy atom. The van der Waals surface area contributed by atoms with Crippen molar-refractivity contribution in [3.05, 3.63) is 46.0 Å². The number of aryl methyl sites for hydroxylation is 1. The molecule has 0 spiro atoms. The van der Waals surface area contributed by atoms with Crippen LogP contribution in [-0.2, 0) is 11.3 Å². The Balaban J connectivity index is 1.90. The van der Waals surface area contributed by atoms with Crippen molar-refractivity contribution >= 4 is 5.65 Å². The van der Waals surface area contributed by atoms with Gasteiger partial charge >= 0.3 is 0 Å². The minimum atomic E-state index is -0.0116. The second-order valence-corrected chi connectivity index (χ2v) is 5.90. The lowest BCUT2D eigenvalue weighted by Crippen LogP contribution is -2.45. The van der Waals surface area contributed by atoms with Crippen LogP contribution in [0, 0.1) is 6.92 Å². The molecule has 1 aliphatic heterocycles. The Kier molecular flexibility index (Phi) is 3.78. The molecule has 3 rings (SSSR count). The summed E-state index contributed by atoms with van der Waals surface area (Å²) in [5, 5.41) is 0. The smallest absolute Gasteiger partial charge is 0.258 e. The third kappa shape index (κ3) is 2.99. The molecule has 0 N–H and O–H groups in total. The van der Waals surface area contributed by atoms with Crippen LogP contribution in [0.15, 0.2) is 29.1 Å². The SMILES string of the molecule is Cc1cccc2nc(CN3C[C@H](C)O[C@@H](C)C3)cc(=O)n12. The van der Waals surface area contributed by atoms with E-state index in [0.717, 1.165) is 24.5 Å². The number of rotatable bonds is 2. The van der Waals surface area contributed by atoms with Crippen LogP contribution in [0.1, 0.15) is 25.2 Å². The summed E-state index contributed by atoms with van der Waals surface area (Å²) in [5.74, 6) is 0. The molecule has 5 heteroatoms. The van der Waals surface area contributed by atoms with Gasteiger partial charge in [0.15, 0.2) is 0 Å². The van der Waals surface area contributed by atoms with Gasteiger partial charge < -0.3 is 4.74 Å². The van der Waals surface area contributed by atoms with Gasteiger partial charge in [0.1, 0.15) is 5.65 Å². The van der Waals surface area contributed by atoms with Crippen molar-refractivity contribution in [2.24, 2.45) is 0 Å². The van der Waals surface area contributed by atoms with E-state index in [2.05, 4.69) is 23.7 Å². The number of nitrogens with zero attached hydrogens (tertiary/aromatic N) is 3. The Hall–Kier alpha value is -1.72. The summed E-state index contributed by atoms with van der Waals surface area (Å²) in [5.41, 5.74) is 2.44. The van der Waals surface area contributed by atoms with Crippen LogP contribution in [0.5, 0.6) is 0 Å². The molecule has 2 atom stereocenters. The lowest BCUT2D eigenvalue weighted by atomic mass is 10.2. The van der Waals surface area contributed by atoms with Gasteiger partial charge in [0.25, 0.3) is 5.56 Å². The number of morpholine rings is 1. The molecule has 0 unspecified atom stereocenters. The van der Waals surface area contributed by atoms with Crippen molar-refractivity contribution in [1.82, 2.24) is 14.3 Å². The Morgan fingerprint density at radius 1 is 1.29 bits per heavy atom. The van der Waals surface area contributed by atoms with Crippen LogP contribution in [0.25, 0.3) is 5.65 Å². The number of hydrogen-bond acceptors (Lipinski definition) is 4. The molecule has 0 radical (unpaired) electrons. The summed E-state index contributed by atoms with van der Waals surface area (Å²) in [4.78, 5) is 19.2. The minimum absolute atomic E-state index is 0.0116. The average molecular weight is 287 g/mol. The third-order valence-corrected chi connectivity index (χ3v) is 3.81. The van der Waals surface area contributed by atoms with E-state index in [1.54, 1.807) is 10.5 Å². The topological polar surface area (TPSA) is 46.8 Å². The molecule has 1 fully saturated rings. The van der Waals surface area contributed by atoms with E-state index in [1.807, 2.05) is 25.1 Å². The average Bonchev–Trinajstić information content (AvgIpc) is 2.36. The van der Waals surface area contributed by atoms with E-state index in [-0.39, 0.29) is 17.8 Å². The van der Waals surface area contributed by atoms with Gasteiger partial charge in [-0.25, -0.2) is 4.98 Å². The highest BCUT2D eigenvalue weighted by Crippen LogP contribution is 2.13. The van der Waals surface area contributed by atoms with E-state index in [4.69, 9.17) is 4.74 Å². The molecule has 1 saturated heterocycles. The van der Waals surface area contributed by atoms with Gasteiger partial charge in [-0.2, -0.15) is 0 Å². The fraction of sp³-hybridized carbons (Fsp3) is 0.500. The van der Waals surface area contributed by atoms with Crippen molar-refractivity contribution in [2.75, 3.05) is 13.1 Å². The zero-order chi connectivity index (χ0) is 15.0. The zero-order valence-electron chi connectivity index (χ0n) is 12.7. The van der Waals surface area contributed by atoms with E-state index in [9.17, 15) is 4.79 Å². The van der Waals surface area contributed by atoms with Crippen molar-refractivity contribution in [1.29, 1.82) is 0 Å². The van der Waals surface area contributed by atoms with Crippen LogP contribution >= 0.6 is 0 Å². The molecule has 0 aromatic carbocycles. The van der Waals surface area contributed by atoms with Gasteiger partial charge in [-0.05, 0) is 32.9 Å². The van der Waals surface area contributed by atoms with E-state index in [0.29, 0.717) is 12.2 Å². The Labute approximate surface area is 124 Å². The Morgan fingerprint density at radius 3 is 2.71 bits per heavy atom. The first-order valence-corrected chi connectivity index (χ1v) is 7.39. The molecular weight excluding hydrogens is 266 g/mol. The van der Waals surface area contributed by atoms with Crippen LogP contribution in [0.4, 0.5) is 0 Å². The standard InChI is InChI=1S/C16H21N3O2/c1-11-5-4-6-15-17-14(7-16(20)19(11)15)10-18-8-12(2)21-13(3)9-18/h4-7,12-13H,8-10H2,1-3H3/t12-,13-/m0/s1. The largest absolute Gasteiger partial charge is 0.373 e. The second kappa shape index (κ2) is 5.58. The molecule has 3 heterocycles. The molecule has 2 aromatic heterocycles. The minimum Gasteiger partial charge on any atom is -0.373 e. The van der Waals surface area contributed by atoms with Crippen molar-refractivity contribution in [3.63, 3.8) is 0 Å². The quantitative estimate of drug-likeness (QED) is 0.842. The predicted molar refractivity (Wildman–Crippen MR) is 81.5 cm³/mol. The van der Waals surface area contributed by atoms with Crippen molar-refractivity contribution in [2.45, 2.75) is 39.5 Å². The highest BCUT2D eigenvalue weighted by atomic mass is 16.5. The third-order valence-electron chi connectivity index (χ3n) is 3.81. The number of pyridine rings is 1. The first-order valence-electron chi connectivity index (χ1n) is 7.39. The van der Waals surface area contributed by atoms with E-state index >= 15 is 0 Å². The summed E-state index contributed by atoms with van der Waals surface area (Å²) in [6, 6.07) is 7.37. The maximum absolute atomic E-state index is 12.3. The van der Waals surface area contributed by atoms with Gasteiger partial charge in [-0.1, -0.05) is 6.07 Å². The fourth-order valence-electron chi connectivity index (χ4n) is 3.09. The summed E-state index contributed by atoms with van der Waals surface area (Å²) in [7, 11) is 0. The summed E-state index contributed by atoms with van der Waals surface area (Å²) < 4.78 is 7.38. The monoisotopic (exact) mass is 287 g/mol. The molecule has 0 amide bonds. The number of hydrogen-bond donors (Lipinski definition) is 0. The van der Waals surface area contributed by atoms with Gasteiger partial charge in [0.05, 0.1) is 17.9 Å². The van der Waals surface area contributed by atoms with Gasteiger partial charge in [-0.3, -0.25) is 14.1 Å². The normalized spacial score (nSPS) is 23.6. The van der Waals surface area contributed by atoms with Gasteiger partial charge in [-0.15, -0.1) is 0 Å². The second-order valence-electron chi connectivity index (χ2n) is 5.90. The molecule has 1 aliphatic rings. The van der Waals surface area contributed by atoms with Crippen molar-refractivity contribution in [3.8, 4) is 0 Å². The molecule has 2 aromatic rings. The first-order chi connectivity index (χ1) is 10.0. The highest BCUT2D eigenvalue weighted by molar-refractivity contribution is 5.40. The molecular formula is C16H21N3O2. The Bertz CT molecular complexity index is 700. The number of aromatic nitrogens is 2. The molecule has 0 saturated carbocycles. The molecule has 112 valence electrons. The lowest BCUT2D eigenvalue weighted by molar-refractivity contribution is -0.0707. The molecule has 21 heavy (non-hydrogen) atoms. The van der Waals surface area contributed by atoms with E-state index < -0.39 is 0 Å². The summed E-state index contributed by atoms with van der Waals surface area (Å²) in [6.45, 7) is 8.51. The van der Waals surface area contributed by atoms with Gasteiger partial charge in [0.2, 0.25) is 0 Å². The van der Waals surface area contributed by atoms with Crippen LogP contribution in [0.3, 0.4) is 0 Å². The zero-order valence-corrected chi connectivity index (χ0v) is 12.7.